The van der Waals surface area contributed by atoms with Gasteiger partial charge in [-0.2, -0.15) is 5.26 Å². The zero-order chi connectivity index (χ0) is 28.9. The molecule has 2 N–H and O–H groups in total. The minimum atomic E-state index is -0.339. The first-order valence-electron chi connectivity index (χ1n) is 13.5. The molecule has 4 aromatic rings. The predicted octanol–water partition coefficient (Wildman–Crippen LogP) is 6.32. The van der Waals surface area contributed by atoms with Crippen LogP contribution in [-0.4, -0.2) is 39.3 Å². The predicted molar refractivity (Wildman–Crippen MR) is 158 cm³/mol. The second kappa shape index (κ2) is 12.6. The summed E-state index contributed by atoms with van der Waals surface area (Å²) in [5.41, 5.74) is 6.98. The summed E-state index contributed by atoms with van der Waals surface area (Å²) in [6.45, 7) is 6.40. The average molecular weight is 570 g/mol. The topological polar surface area (TPSA) is 98.8 Å². The van der Waals surface area contributed by atoms with Crippen LogP contribution in [0.4, 0.5) is 0 Å². The molecule has 1 aliphatic heterocycles. The van der Waals surface area contributed by atoms with E-state index in [2.05, 4.69) is 16.0 Å². The van der Waals surface area contributed by atoms with Crippen molar-refractivity contribution in [1.29, 1.82) is 5.26 Å². The van der Waals surface area contributed by atoms with Crippen molar-refractivity contribution < 1.29 is 19.7 Å². The van der Waals surface area contributed by atoms with Gasteiger partial charge >= 0.3 is 0 Å². The minimum absolute atomic E-state index is 0.232. The first-order valence-corrected chi connectivity index (χ1v) is 13.9. The van der Waals surface area contributed by atoms with Crippen LogP contribution < -0.4 is 9.47 Å². The Kier molecular flexibility index (Phi) is 8.75. The SMILES string of the molecule is Cc1c(O)cccc1-c1cccc(COc2cc(OCc3cncc(C#N)c3)cc(CN3CC[C@@H](O)C3)c2Cl)c1C. The third-order valence-corrected chi connectivity index (χ3v) is 7.91. The molecule has 0 saturated carbocycles. The molecule has 1 atom stereocenters. The molecule has 0 radical (unpaired) electrons. The second-order valence-electron chi connectivity index (χ2n) is 10.4. The number of likely N-dealkylation sites (tertiary alicyclic amines) is 1. The zero-order valence-electron chi connectivity index (χ0n) is 23.1. The van der Waals surface area contributed by atoms with Crippen LogP contribution in [0.1, 0.15) is 39.8 Å². The van der Waals surface area contributed by atoms with Gasteiger partial charge in [0, 0.05) is 43.7 Å². The molecule has 7 nitrogen and oxygen atoms in total. The molecule has 1 saturated heterocycles. The number of aliphatic hydroxyl groups is 1. The Bertz CT molecular complexity index is 1600. The summed E-state index contributed by atoms with van der Waals surface area (Å²) in [6, 6.07) is 19.1. The summed E-state index contributed by atoms with van der Waals surface area (Å²) in [4.78, 5) is 6.27. The number of aliphatic hydroxyl groups excluding tert-OH is 1. The fraction of sp³-hybridized carbons (Fsp3) is 0.273. The molecule has 0 unspecified atom stereocenters. The molecular weight excluding hydrogens is 538 g/mol. The highest BCUT2D eigenvalue weighted by molar-refractivity contribution is 6.32. The molecule has 0 spiro atoms. The van der Waals surface area contributed by atoms with E-state index in [0.717, 1.165) is 51.9 Å². The summed E-state index contributed by atoms with van der Waals surface area (Å²) < 4.78 is 12.4. The van der Waals surface area contributed by atoms with Crippen LogP contribution in [0.3, 0.4) is 0 Å². The Hall–Kier alpha value is -4.09. The monoisotopic (exact) mass is 569 g/mol. The largest absolute Gasteiger partial charge is 0.508 e. The smallest absolute Gasteiger partial charge is 0.142 e. The van der Waals surface area contributed by atoms with Gasteiger partial charge in [0.05, 0.1) is 16.7 Å². The Morgan fingerprint density at radius 2 is 1.78 bits per heavy atom. The quantitative estimate of drug-likeness (QED) is 0.243. The molecule has 0 amide bonds. The van der Waals surface area contributed by atoms with Crippen LogP contribution in [0, 0.1) is 25.2 Å². The molecule has 5 rings (SSSR count). The second-order valence-corrected chi connectivity index (χ2v) is 10.8. The maximum atomic E-state index is 10.2. The number of rotatable bonds is 9. The number of hydrogen-bond acceptors (Lipinski definition) is 7. The van der Waals surface area contributed by atoms with Crippen LogP contribution in [0.5, 0.6) is 17.2 Å². The highest BCUT2D eigenvalue weighted by atomic mass is 35.5. The van der Waals surface area contributed by atoms with Crippen molar-refractivity contribution in [2.45, 2.75) is 46.1 Å². The Balaban J connectivity index is 1.41. The van der Waals surface area contributed by atoms with E-state index in [1.807, 2.05) is 50.2 Å². The van der Waals surface area contributed by atoms with Crippen molar-refractivity contribution in [2.75, 3.05) is 13.1 Å². The van der Waals surface area contributed by atoms with Crippen molar-refractivity contribution in [3.63, 3.8) is 0 Å². The molecule has 1 aliphatic rings. The number of pyridine rings is 1. The van der Waals surface area contributed by atoms with Crippen molar-refractivity contribution in [1.82, 2.24) is 9.88 Å². The number of nitriles is 1. The van der Waals surface area contributed by atoms with E-state index in [4.69, 9.17) is 21.1 Å². The van der Waals surface area contributed by atoms with Crippen LogP contribution in [0.2, 0.25) is 5.02 Å². The summed E-state index contributed by atoms with van der Waals surface area (Å²) in [5.74, 6) is 1.35. The van der Waals surface area contributed by atoms with E-state index in [-0.39, 0.29) is 25.1 Å². The summed E-state index contributed by atoms with van der Waals surface area (Å²) >= 11 is 6.88. The Morgan fingerprint density at radius 1 is 1.00 bits per heavy atom. The molecule has 1 aromatic heterocycles. The van der Waals surface area contributed by atoms with Gasteiger partial charge < -0.3 is 19.7 Å². The lowest BCUT2D eigenvalue weighted by Gasteiger charge is -2.20. The Morgan fingerprint density at radius 3 is 2.54 bits per heavy atom. The molecule has 1 fully saturated rings. The van der Waals surface area contributed by atoms with E-state index in [1.165, 1.54) is 6.20 Å². The lowest BCUT2D eigenvalue weighted by Crippen LogP contribution is -2.21. The van der Waals surface area contributed by atoms with Crippen LogP contribution in [0.25, 0.3) is 11.1 Å². The lowest BCUT2D eigenvalue weighted by molar-refractivity contribution is 0.174. The van der Waals surface area contributed by atoms with E-state index in [9.17, 15) is 15.5 Å². The maximum Gasteiger partial charge on any atom is 0.142 e. The molecule has 41 heavy (non-hydrogen) atoms. The average Bonchev–Trinajstić information content (AvgIpc) is 3.39. The number of benzene rings is 3. The zero-order valence-corrected chi connectivity index (χ0v) is 23.9. The number of halogens is 1. The van der Waals surface area contributed by atoms with Gasteiger partial charge in [0.15, 0.2) is 0 Å². The molecule has 2 heterocycles. The van der Waals surface area contributed by atoms with Gasteiger partial charge in [-0.05, 0) is 71.8 Å². The van der Waals surface area contributed by atoms with Crippen LogP contribution in [-0.2, 0) is 19.8 Å². The number of nitrogens with zero attached hydrogens (tertiary/aromatic N) is 3. The van der Waals surface area contributed by atoms with Gasteiger partial charge in [-0.3, -0.25) is 9.88 Å². The summed E-state index contributed by atoms with van der Waals surface area (Å²) in [6.07, 6.45) is 3.58. The fourth-order valence-corrected chi connectivity index (χ4v) is 5.35. The van der Waals surface area contributed by atoms with E-state index in [0.29, 0.717) is 35.2 Å². The first kappa shape index (κ1) is 28.4. The van der Waals surface area contributed by atoms with Gasteiger partial charge in [0.1, 0.15) is 36.5 Å². The number of phenols is 1. The molecule has 8 heteroatoms. The van der Waals surface area contributed by atoms with Crippen molar-refractivity contribution >= 4 is 11.6 Å². The molecular formula is C33H32ClN3O4. The van der Waals surface area contributed by atoms with Crippen molar-refractivity contribution in [3.8, 4) is 34.4 Å². The maximum absolute atomic E-state index is 10.2. The lowest BCUT2D eigenvalue weighted by atomic mass is 9.93. The van der Waals surface area contributed by atoms with Crippen LogP contribution in [0.15, 0.2) is 67.0 Å². The summed E-state index contributed by atoms with van der Waals surface area (Å²) in [5, 5.41) is 29.9. The van der Waals surface area contributed by atoms with Gasteiger partial charge in [0.2, 0.25) is 0 Å². The third-order valence-electron chi connectivity index (χ3n) is 7.48. The number of hydrogen-bond donors (Lipinski definition) is 2. The van der Waals surface area contributed by atoms with E-state index < -0.39 is 0 Å². The molecule has 210 valence electrons. The first-order chi connectivity index (χ1) is 19.8. The van der Waals surface area contributed by atoms with Gasteiger partial charge in [-0.25, -0.2) is 0 Å². The third kappa shape index (κ3) is 6.63. The van der Waals surface area contributed by atoms with Crippen molar-refractivity contribution in [3.05, 3.63) is 105 Å². The minimum Gasteiger partial charge on any atom is -0.508 e. The number of aromatic hydroxyl groups is 1. The number of ether oxygens (including phenoxy) is 2. The molecule has 0 aliphatic carbocycles. The normalized spacial score (nSPS) is 15.0. The molecule has 0 bridgehead atoms. The van der Waals surface area contributed by atoms with E-state index >= 15 is 0 Å². The van der Waals surface area contributed by atoms with Gasteiger partial charge in [0.25, 0.3) is 0 Å². The summed E-state index contributed by atoms with van der Waals surface area (Å²) in [7, 11) is 0. The Labute approximate surface area is 245 Å². The van der Waals surface area contributed by atoms with Crippen LogP contribution >= 0.6 is 11.6 Å². The van der Waals surface area contributed by atoms with Gasteiger partial charge in [-0.15, -0.1) is 0 Å². The van der Waals surface area contributed by atoms with E-state index in [1.54, 1.807) is 24.4 Å². The number of phenolic OH excluding ortho intramolecular Hbond substituents is 1. The standard InChI is InChI=1S/C33H32ClN3O4/c1-21-25(5-3-6-29(21)30-7-4-8-31(39)22(30)2)20-41-32-13-28(40-19-24-11-23(14-35)15-36-16-24)12-26(33(32)34)17-37-10-9-27(38)18-37/h3-8,11-13,15-16,27,38-39H,9-10,17-20H2,1-2H3/t27-/m1/s1. The molecule has 3 aromatic carbocycles. The number of aromatic nitrogens is 1. The fourth-order valence-electron chi connectivity index (χ4n) is 5.12. The highest BCUT2D eigenvalue weighted by Gasteiger charge is 2.22. The number of β-amino-alcohol motifs (C(OH)–C–C–N with tert-alkyl or cyclic N) is 1. The van der Waals surface area contributed by atoms with Crippen molar-refractivity contribution in [2.24, 2.45) is 0 Å². The van der Waals surface area contributed by atoms with Gasteiger partial charge in [-0.1, -0.05) is 41.9 Å². The highest BCUT2D eigenvalue weighted by Crippen LogP contribution is 2.37.